The van der Waals surface area contributed by atoms with Gasteiger partial charge >= 0.3 is 0 Å². The van der Waals surface area contributed by atoms with Gasteiger partial charge in [0.2, 0.25) is 0 Å². The molecule has 15 heavy (non-hydrogen) atoms. The van der Waals surface area contributed by atoms with Gasteiger partial charge in [0.05, 0.1) is 5.69 Å². The van der Waals surface area contributed by atoms with Gasteiger partial charge in [0.1, 0.15) is 0 Å². The third kappa shape index (κ3) is 2.57. The normalized spacial score (nSPS) is 21.9. The maximum atomic E-state index is 4.48. The van der Waals surface area contributed by atoms with E-state index in [-0.39, 0.29) is 0 Å². The lowest BCUT2D eigenvalue weighted by atomic mass is 9.98. The average molecular weight is 204 g/mol. The highest BCUT2D eigenvalue weighted by Crippen LogP contribution is 2.23. The van der Waals surface area contributed by atoms with E-state index in [1.165, 1.54) is 30.5 Å². The van der Waals surface area contributed by atoms with Crippen LogP contribution in [0.15, 0.2) is 18.3 Å². The van der Waals surface area contributed by atoms with Crippen molar-refractivity contribution in [1.82, 2.24) is 10.3 Å². The van der Waals surface area contributed by atoms with Crippen molar-refractivity contribution < 1.29 is 0 Å². The Morgan fingerprint density at radius 1 is 1.40 bits per heavy atom. The number of piperidine rings is 1. The number of rotatable bonds is 2. The predicted molar refractivity (Wildman–Crippen MR) is 62.9 cm³/mol. The van der Waals surface area contributed by atoms with Crippen LogP contribution in [0.25, 0.3) is 0 Å². The molecular weight excluding hydrogens is 184 g/mol. The van der Waals surface area contributed by atoms with E-state index in [9.17, 15) is 0 Å². The van der Waals surface area contributed by atoms with Crippen LogP contribution in [0.1, 0.15) is 56.3 Å². The molecule has 1 saturated heterocycles. The van der Waals surface area contributed by atoms with Crippen molar-refractivity contribution in [3.8, 4) is 0 Å². The highest BCUT2D eigenvalue weighted by Gasteiger charge is 2.16. The van der Waals surface area contributed by atoms with Gasteiger partial charge in [-0.2, -0.15) is 0 Å². The average Bonchev–Trinajstić information content (AvgIpc) is 2.30. The standard InChI is InChI=1S/C13H20N2/c1-10(2)11-6-8-15-13(9-11)12-5-3-4-7-14-12/h6,8-10,12,14H,3-5,7H2,1-2H3. The van der Waals surface area contributed by atoms with Crippen LogP contribution in [0.2, 0.25) is 0 Å². The van der Waals surface area contributed by atoms with Crippen LogP contribution in [0.4, 0.5) is 0 Å². The second-order valence-corrected chi connectivity index (χ2v) is 4.67. The largest absolute Gasteiger partial charge is 0.309 e. The monoisotopic (exact) mass is 204 g/mol. The number of aromatic nitrogens is 1. The zero-order valence-electron chi connectivity index (χ0n) is 9.66. The van der Waals surface area contributed by atoms with Crippen LogP contribution >= 0.6 is 0 Å². The van der Waals surface area contributed by atoms with E-state index in [0.717, 1.165) is 6.54 Å². The van der Waals surface area contributed by atoms with Crippen LogP contribution in [0, 0.1) is 0 Å². The molecule has 1 aliphatic rings. The number of nitrogens with one attached hydrogen (secondary N) is 1. The summed E-state index contributed by atoms with van der Waals surface area (Å²) in [5, 5.41) is 3.54. The summed E-state index contributed by atoms with van der Waals surface area (Å²) < 4.78 is 0. The fourth-order valence-corrected chi connectivity index (χ4v) is 2.12. The summed E-state index contributed by atoms with van der Waals surface area (Å²) in [6.45, 7) is 5.60. The highest BCUT2D eigenvalue weighted by atomic mass is 14.9. The predicted octanol–water partition coefficient (Wildman–Crippen LogP) is 3.02. The van der Waals surface area contributed by atoms with Crippen molar-refractivity contribution in [3.05, 3.63) is 29.6 Å². The third-order valence-corrected chi connectivity index (χ3v) is 3.14. The summed E-state index contributed by atoms with van der Waals surface area (Å²) in [6, 6.07) is 4.86. The van der Waals surface area contributed by atoms with Gasteiger partial charge in [0, 0.05) is 12.2 Å². The molecule has 2 rings (SSSR count). The van der Waals surface area contributed by atoms with Crippen molar-refractivity contribution in [3.63, 3.8) is 0 Å². The molecule has 2 nitrogen and oxygen atoms in total. The summed E-state index contributed by atoms with van der Waals surface area (Å²) in [7, 11) is 0. The van der Waals surface area contributed by atoms with Crippen molar-refractivity contribution in [2.24, 2.45) is 0 Å². The molecule has 0 amide bonds. The summed E-state index contributed by atoms with van der Waals surface area (Å²) in [4.78, 5) is 4.48. The Morgan fingerprint density at radius 3 is 2.93 bits per heavy atom. The smallest absolute Gasteiger partial charge is 0.0576 e. The molecule has 0 radical (unpaired) electrons. The van der Waals surface area contributed by atoms with E-state index >= 15 is 0 Å². The van der Waals surface area contributed by atoms with Crippen molar-refractivity contribution in [2.75, 3.05) is 6.54 Å². The summed E-state index contributed by atoms with van der Waals surface area (Å²) in [5.74, 6) is 0.593. The molecule has 0 aromatic carbocycles. The van der Waals surface area contributed by atoms with Gasteiger partial charge in [0.25, 0.3) is 0 Å². The lowest BCUT2D eigenvalue weighted by Crippen LogP contribution is -2.27. The zero-order chi connectivity index (χ0) is 10.7. The fraction of sp³-hybridized carbons (Fsp3) is 0.615. The molecule has 82 valence electrons. The molecule has 1 fully saturated rings. The molecule has 1 atom stereocenters. The quantitative estimate of drug-likeness (QED) is 0.801. The molecular formula is C13H20N2. The molecule has 0 spiro atoms. The molecule has 0 aliphatic carbocycles. The molecule has 1 aromatic rings. The highest BCUT2D eigenvalue weighted by molar-refractivity contribution is 5.21. The van der Waals surface area contributed by atoms with Crippen LogP contribution in [0.5, 0.6) is 0 Å². The van der Waals surface area contributed by atoms with E-state index in [1.807, 2.05) is 6.20 Å². The molecule has 1 unspecified atom stereocenters. The topological polar surface area (TPSA) is 24.9 Å². The number of hydrogen-bond donors (Lipinski definition) is 1. The fourth-order valence-electron chi connectivity index (χ4n) is 2.12. The second-order valence-electron chi connectivity index (χ2n) is 4.67. The van der Waals surface area contributed by atoms with Gasteiger partial charge in [0.15, 0.2) is 0 Å². The second kappa shape index (κ2) is 4.75. The summed E-state index contributed by atoms with van der Waals surface area (Å²) in [5.41, 5.74) is 2.62. The van der Waals surface area contributed by atoms with E-state index in [1.54, 1.807) is 0 Å². The lowest BCUT2D eigenvalue weighted by molar-refractivity contribution is 0.405. The number of pyridine rings is 1. The molecule has 0 saturated carbocycles. The van der Waals surface area contributed by atoms with Gasteiger partial charge in [-0.15, -0.1) is 0 Å². The third-order valence-electron chi connectivity index (χ3n) is 3.14. The maximum absolute atomic E-state index is 4.48. The van der Waals surface area contributed by atoms with Gasteiger partial charge in [-0.3, -0.25) is 4.98 Å². The van der Waals surface area contributed by atoms with Crippen molar-refractivity contribution in [2.45, 2.75) is 45.1 Å². The van der Waals surface area contributed by atoms with Gasteiger partial charge in [-0.25, -0.2) is 0 Å². The van der Waals surface area contributed by atoms with Crippen LogP contribution < -0.4 is 5.32 Å². The van der Waals surface area contributed by atoms with E-state index in [0.29, 0.717) is 12.0 Å². The first-order chi connectivity index (χ1) is 7.27. The van der Waals surface area contributed by atoms with Crippen LogP contribution in [-0.4, -0.2) is 11.5 Å². The molecule has 0 bridgehead atoms. The zero-order valence-corrected chi connectivity index (χ0v) is 9.66. The van der Waals surface area contributed by atoms with Gasteiger partial charge in [-0.1, -0.05) is 20.3 Å². The SMILES string of the molecule is CC(C)c1ccnc(C2CCCCN2)c1. The van der Waals surface area contributed by atoms with Crippen LogP contribution in [-0.2, 0) is 0 Å². The van der Waals surface area contributed by atoms with Crippen molar-refractivity contribution in [1.29, 1.82) is 0 Å². The van der Waals surface area contributed by atoms with Crippen LogP contribution in [0.3, 0.4) is 0 Å². The van der Waals surface area contributed by atoms with E-state index in [4.69, 9.17) is 0 Å². The molecule has 1 N–H and O–H groups in total. The molecule has 2 heteroatoms. The van der Waals surface area contributed by atoms with Gasteiger partial charge in [-0.05, 0) is 43.0 Å². The van der Waals surface area contributed by atoms with Gasteiger partial charge < -0.3 is 5.32 Å². The Morgan fingerprint density at radius 2 is 2.27 bits per heavy atom. The minimum Gasteiger partial charge on any atom is -0.309 e. The summed E-state index contributed by atoms with van der Waals surface area (Å²) in [6.07, 6.45) is 5.81. The first kappa shape index (κ1) is 10.6. The number of hydrogen-bond acceptors (Lipinski definition) is 2. The Hall–Kier alpha value is -0.890. The number of nitrogens with zero attached hydrogens (tertiary/aromatic N) is 1. The Labute approximate surface area is 92.1 Å². The molecule has 1 aliphatic heterocycles. The Bertz CT molecular complexity index is 314. The lowest BCUT2D eigenvalue weighted by Gasteiger charge is -2.23. The minimum atomic E-state index is 0.484. The van der Waals surface area contributed by atoms with Crippen molar-refractivity contribution >= 4 is 0 Å². The first-order valence-electron chi connectivity index (χ1n) is 5.96. The molecule has 2 heterocycles. The van der Waals surface area contributed by atoms with E-state index < -0.39 is 0 Å². The van der Waals surface area contributed by atoms with E-state index in [2.05, 4.69) is 36.3 Å². The minimum absolute atomic E-state index is 0.484. The molecule has 1 aromatic heterocycles. The first-order valence-corrected chi connectivity index (χ1v) is 5.96. The maximum Gasteiger partial charge on any atom is 0.0576 e. The summed E-state index contributed by atoms with van der Waals surface area (Å²) >= 11 is 0. The Kier molecular flexibility index (Phi) is 3.37. The Balaban J connectivity index is 2.16.